The Morgan fingerprint density at radius 1 is 0.886 bits per heavy atom. The number of hydrogen-bond acceptors (Lipinski definition) is 6. The van der Waals surface area contributed by atoms with Crippen molar-refractivity contribution in [1.82, 2.24) is 14.7 Å². The molecule has 3 aliphatic heterocycles. The van der Waals surface area contributed by atoms with E-state index in [2.05, 4.69) is 34.1 Å². The Kier molecular flexibility index (Phi) is 7.35. The molecule has 0 N–H and O–H groups in total. The Balaban J connectivity index is 1.09. The first-order chi connectivity index (χ1) is 17.1. The van der Waals surface area contributed by atoms with E-state index >= 15 is 0 Å². The lowest BCUT2D eigenvalue weighted by Crippen LogP contribution is -2.55. The van der Waals surface area contributed by atoms with Gasteiger partial charge in [0.1, 0.15) is 13.2 Å². The summed E-state index contributed by atoms with van der Waals surface area (Å²) in [6, 6.07) is 15.8. The molecule has 0 radical (unpaired) electrons. The standard InChI is InChI=1S/C28H35N3O4/c1-21(28(33)31-15-13-29(14-16-31)20-22-5-3-2-4-6-22)30-11-9-23(10-12-30)27(32)24-7-8-25-26(19-24)35-18-17-34-25/h2-8,19,21,23H,9-18,20H2,1H3/t21-/m1/s1. The van der Waals surface area contributed by atoms with E-state index in [0.717, 1.165) is 58.7 Å². The second-order valence-electron chi connectivity index (χ2n) is 9.80. The molecule has 0 saturated carbocycles. The van der Waals surface area contributed by atoms with Crippen molar-refractivity contribution in [2.45, 2.75) is 32.4 Å². The minimum atomic E-state index is -0.152. The molecule has 2 aromatic carbocycles. The number of Topliss-reactive ketones (excluding diaryl/α,β-unsaturated/α-hetero) is 1. The van der Waals surface area contributed by atoms with Crippen LogP contribution in [0.1, 0.15) is 35.7 Å². The number of piperazine rings is 1. The van der Waals surface area contributed by atoms with Gasteiger partial charge in [-0.15, -0.1) is 0 Å². The van der Waals surface area contributed by atoms with Crippen molar-refractivity contribution in [2.75, 3.05) is 52.5 Å². The van der Waals surface area contributed by atoms with E-state index in [1.165, 1.54) is 5.56 Å². The monoisotopic (exact) mass is 477 g/mol. The van der Waals surface area contributed by atoms with E-state index in [-0.39, 0.29) is 23.7 Å². The molecule has 186 valence electrons. The van der Waals surface area contributed by atoms with Gasteiger partial charge in [-0.05, 0) is 56.6 Å². The van der Waals surface area contributed by atoms with E-state index in [4.69, 9.17) is 9.47 Å². The van der Waals surface area contributed by atoms with Gasteiger partial charge in [0.05, 0.1) is 6.04 Å². The maximum absolute atomic E-state index is 13.2. The van der Waals surface area contributed by atoms with Crippen LogP contribution in [0.4, 0.5) is 0 Å². The smallest absolute Gasteiger partial charge is 0.239 e. The molecule has 7 nitrogen and oxygen atoms in total. The molecule has 0 aliphatic carbocycles. The number of carbonyl (C=O) groups excluding carboxylic acids is 2. The average molecular weight is 478 g/mol. The first kappa shape index (κ1) is 23.8. The van der Waals surface area contributed by atoms with Gasteiger partial charge < -0.3 is 14.4 Å². The average Bonchev–Trinajstić information content (AvgIpc) is 2.92. The lowest BCUT2D eigenvalue weighted by molar-refractivity contribution is -0.138. The van der Waals surface area contributed by atoms with E-state index in [1.54, 1.807) is 0 Å². The Hall–Kier alpha value is -2.90. The predicted octanol–water partition coefficient (Wildman–Crippen LogP) is 3.09. The summed E-state index contributed by atoms with van der Waals surface area (Å²) in [5, 5.41) is 0. The Morgan fingerprint density at radius 3 is 2.29 bits per heavy atom. The number of fused-ring (bicyclic) bond motifs is 1. The largest absolute Gasteiger partial charge is 0.486 e. The van der Waals surface area contributed by atoms with Crippen molar-refractivity contribution >= 4 is 11.7 Å². The molecule has 0 bridgehead atoms. The van der Waals surface area contributed by atoms with Gasteiger partial charge >= 0.3 is 0 Å². The zero-order valence-corrected chi connectivity index (χ0v) is 20.5. The Morgan fingerprint density at radius 2 is 1.57 bits per heavy atom. The third kappa shape index (κ3) is 5.52. The van der Waals surface area contributed by atoms with Gasteiger partial charge in [-0.3, -0.25) is 19.4 Å². The van der Waals surface area contributed by atoms with E-state index < -0.39 is 0 Å². The molecule has 2 aromatic rings. The summed E-state index contributed by atoms with van der Waals surface area (Å²) in [6.07, 6.45) is 1.55. The molecule has 7 heteroatoms. The first-order valence-corrected chi connectivity index (χ1v) is 12.8. The highest BCUT2D eigenvalue weighted by Crippen LogP contribution is 2.32. The molecular weight excluding hydrogens is 442 g/mol. The Bertz CT molecular complexity index is 1030. The molecule has 0 unspecified atom stereocenters. The maximum atomic E-state index is 13.2. The summed E-state index contributed by atoms with van der Waals surface area (Å²) in [4.78, 5) is 33.0. The first-order valence-electron chi connectivity index (χ1n) is 12.8. The normalized spacial score (nSPS) is 20.4. The summed E-state index contributed by atoms with van der Waals surface area (Å²) in [5.41, 5.74) is 2.00. The zero-order valence-electron chi connectivity index (χ0n) is 20.5. The SMILES string of the molecule is C[C@H](C(=O)N1CCN(Cc2ccccc2)CC1)N1CCC(C(=O)c2ccc3c(c2)OCCO3)CC1. The highest BCUT2D eigenvalue weighted by molar-refractivity contribution is 5.98. The van der Waals surface area contributed by atoms with Crippen LogP contribution in [0.3, 0.4) is 0 Å². The van der Waals surface area contributed by atoms with Crippen molar-refractivity contribution in [3.8, 4) is 11.5 Å². The van der Waals surface area contributed by atoms with Crippen molar-refractivity contribution < 1.29 is 19.1 Å². The van der Waals surface area contributed by atoms with Crippen LogP contribution >= 0.6 is 0 Å². The van der Waals surface area contributed by atoms with Gasteiger partial charge in [-0.1, -0.05) is 30.3 Å². The quantitative estimate of drug-likeness (QED) is 0.596. The third-order valence-corrected chi connectivity index (χ3v) is 7.57. The third-order valence-electron chi connectivity index (χ3n) is 7.57. The van der Waals surface area contributed by atoms with Crippen LogP contribution in [0.5, 0.6) is 11.5 Å². The maximum Gasteiger partial charge on any atom is 0.239 e. The molecule has 3 aliphatic rings. The van der Waals surface area contributed by atoms with Crippen molar-refractivity contribution in [3.05, 3.63) is 59.7 Å². The number of piperidine rings is 1. The van der Waals surface area contributed by atoms with Gasteiger partial charge in [0.25, 0.3) is 0 Å². The number of benzene rings is 2. The molecule has 5 rings (SSSR count). The van der Waals surface area contributed by atoms with Gasteiger partial charge in [0.2, 0.25) is 5.91 Å². The molecule has 0 spiro atoms. The molecular formula is C28H35N3O4. The molecule has 3 heterocycles. The van der Waals surface area contributed by atoms with Crippen LogP contribution in [0.25, 0.3) is 0 Å². The minimum absolute atomic E-state index is 0.0161. The van der Waals surface area contributed by atoms with Crippen molar-refractivity contribution in [2.24, 2.45) is 5.92 Å². The van der Waals surface area contributed by atoms with Crippen LogP contribution in [-0.2, 0) is 11.3 Å². The Labute approximate surface area is 207 Å². The summed E-state index contributed by atoms with van der Waals surface area (Å²) in [7, 11) is 0. The molecule has 1 amide bonds. The van der Waals surface area contributed by atoms with Gasteiger partial charge in [-0.25, -0.2) is 0 Å². The van der Waals surface area contributed by atoms with Crippen molar-refractivity contribution in [1.29, 1.82) is 0 Å². The summed E-state index contributed by atoms with van der Waals surface area (Å²) in [6.45, 7) is 8.88. The number of ether oxygens (including phenoxy) is 2. The van der Waals surface area contributed by atoms with Crippen LogP contribution in [0.2, 0.25) is 0 Å². The minimum Gasteiger partial charge on any atom is -0.486 e. The van der Waals surface area contributed by atoms with E-state index in [0.29, 0.717) is 30.3 Å². The highest BCUT2D eigenvalue weighted by Gasteiger charge is 2.33. The fourth-order valence-corrected chi connectivity index (χ4v) is 5.37. The number of hydrogen-bond donors (Lipinski definition) is 0. The molecule has 35 heavy (non-hydrogen) atoms. The second-order valence-corrected chi connectivity index (χ2v) is 9.80. The molecule has 2 fully saturated rings. The fourth-order valence-electron chi connectivity index (χ4n) is 5.37. The number of ketones is 1. The number of amides is 1. The van der Waals surface area contributed by atoms with Gasteiger partial charge in [0.15, 0.2) is 17.3 Å². The topological polar surface area (TPSA) is 62.3 Å². The summed E-state index contributed by atoms with van der Waals surface area (Å²) in [5.74, 6) is 1.72. The fraction of sp³-hybridized carbons (Fsp3) is 0.500. The van der Waals surface area contributed by atoms with Crippen molar-refractivity contribution in [3.63, 3.8) is 0 Å². The van der Waals surface area contributed by atoms with Crippen LogP contribution in [0.15, 0.2) is 48.5 Å². The van der Waals surface area contributed by atoms with E-state index in [9.17, 15) is 9.59 Å². The lowest BCUT2D eigenvalue weighted by atomic mass is 9.88. The predicted molar refractivity (Wildman–Crippen MR) is 134 cm³/mol. The second kappa shape index (κ2) is 10.8. The molecule has 1 atom stereocenters. The number of carbonyl (C=O) groups is 2. The molecule has 0 aromatic heterocycles. The zero-order chi connectivity index (χ0) is 24.2. The summed E-state index contributed by atoms with van der Waals surface area (Å²) >= 11 is 0. The number of nitrogens with zero attached hydrogens (tertiary/aromatic N) is 3. The lowest BCUT2D eigenvalue weighted by Gasteiger charge is -2.40. The summed E-state index contributed by atoms with van der Waals surface area (Å²) < 4.78 is 11.2. The molecule has 2 saturated heterocycles. The van der Waals surface area contributed by atoms with Crippen LogP contribution in [0, 0.1) is 5.92 Å². The van der Waals surface area contributed by atoms with Crippen LogP contribution < -0.4 is 9.47 Å². The number of rotatable bonds is 6. The number of likely N-dealkylation sites (tertiary alicyclic amines) is 1. The van der Waals surface area contributed by atoms with E-state index in [1.807, 2.05) is 36.1 Å². The van der Waals surface area contributed by atoms with Crippen LogP contribution in [-0.4, -0.2) is 84.9 Å². The van der Waals surface area contributed by atoms with Gasteiger partial charge in [-0.2, -0.15) is 0 Å². The van der Waals surface area contributed by atoms with Gasteiger partial charge in [0, 0.05) is 44.2 Å². The highest BCUT2D eigenvalue weighted by atomic mass is 16.6.